The lowest BCUT2D eigenvalue weighted by molar-refractivity contribution is -0.272. The van der Waals surface area contributed by atoms with E-state index in [0.717, 1.165) is 0 Å². The summed E-state index contributed by atoms with van der Waals surface area (Å²) in [7, 11) is 0. The minimum atomic E-state index is -4.92. The molecule has 1 aromatic heterocycles. The number of alkyl halides is 3. The molecule has 0 unspecified atom stereocenters. The maximum atomic E-state index is 14.4. The number of phenols is 1. The first-order valence-corrected chi connectivity index (χ1v) is 11.0. The van der Waals surface area contributed by atoms with Gasteiger partial charge in [0.2, 0.25) is 5.56 Å². The lowest BCUT2D eigenvalue weighted by Crippen LogP contribution is -2.55. The van der Waals surface area contributed by atoms with Gasteiger partial charge in [0.25, 0.3) is 0 Å². The average Bonchev–Trinajstić information content (AvgIpc) is 2.74. The van der Waals surface area contributed by atoms with E-state index in [4.69, 9.17) is 0 Å². The highest BCUT2D eigenvalue weighted by Gasteiger charge is 2.62. The zero-order valence-corrected chi connectivity index (χ0v) is 18.6. The number of halogens is 3. The van der Waals surface area contributed by atoms with E-state index in [-0.39, 0.29) is 22.8 Å². The van der Waals surface area contributed by atoms with Gasteiger partial charge in [0.15, 0.2) is 5.60 Å². The maximum Gasteiger partial charge on any atom is 0.419 e. The minimum Gasteiger partial charge on any atom is -0.508 e. The molecule has 0 saturated heterocycles. The molecule has 3 aromatic rings. The second-order valence-electron chi connectivity index (χ2n) is 9.10. The van der Waals surface area contributed by atoms with Gasteiger partial charge in [-0.15, -0.1) is 0 Å². The Kier molecular flexibility index (Phi) is 5.68. The molecule has 3 atom stereocenters. The Labute approximate surface area is 189 Å². The van der Waals surface area contributed by atoms with Crippen molar-refractivity contribution in [2.45, 2.75) is 63.3 Å². The topological polar surface area (TPSA) is 85.4 Å². The quantitative estimate of drug-likeness (QED) is 0.402. The van der Waals surface area contributed by atoms with Crippen molar-refractivity contribution in [3.8, 4) is 5.75 Å². The number of anilines is 1. The molecule has 0 saturated carbocycles. The van der Waals surface area contributed by atoms with Crippen LogP contribution in [0.3, 0.4) is 0 Å². The van der Waals surface area contributed by atoms with Crippen molar-refractivity contribution >= 4 is 16.6 Å². The highest BCUT2D eigenvalue weighted by molar-refractivity contribution is 5.91. The molecule has 0 radical (unpaired) electrons. The fourth-order valence-electron chi connectivity index (χ4n) is 4.85. The van der Waals surface area contributed by atoms with Gasteiger partial charge in [-0.25, -0.2) is 0 Å². The number of benzene rings is 2. The van der Waals surface area contributed by atoms with Gasteiger partial charge in [0.1, 0.15) is 5.75 Å². The third-order valence-electron chi connectivity index (χ3n) is 6.68. The summed E-state index contributed by atoms with van der Waals surface area (Å²) in [6.45, 7) is 5.53. The van der Waals surface area contributed by atoms with Crippen LogP contribution >= 0.6 is 0 Å². The first kappa shape index (κ1) is 23.2. The molecule has 0 aliphatic heterocycles. The molecule has 0 spiro atoms. The van der Waals surface area contributed by atoms with Crippen molar-refractivity contribution < 1.29 is 23.4 Å². The zero-order chi connectivity index (χ0) is 24.1. The van der Waals surface area contributed by atoms with Crippen molar-refractivity contribution in [2.24, 2.45) is 0 Å². The van der Waals surface area contributed by atoms with Crippen LogP contribution in [0.4, 0.5) is 18.9 Å². The van der Waals surface area contributed by atoms with E-state index < -0.39 is 30.2 Å². The number of aliphatic hydroxyl groups is 1. The second kappa shape index (κ2) is 8.09. The smallest absolute Gasteiger partial charge is 0.419 e. The van der Waals surface area contributed by atoms with Crippen molar-refractivity contribution in [2.75, 3.05) is 5.32 Å². The largest absolute Gasteiger partial charge is 0.508 e. The fourth-order valence-corrected chi connectivity index (χ4v) is 4.85. The number of aromatic nitrogens is 1. The molecule has 1 aliphatic rings. The fraction of sp³-hybridized carbons (Fsp3) is 0.400. The summed E-state index contributed by atoms with van der Waals surface area (Å²) in [4.78, 5) is 14.4. The molecule has 0 fully saturated rings. The van der Waals surface area contributed by atoms with Crippen LogP contribution < -0.4 is 10.9 Å². The van der Waals surface area contributed by atoms with E-state index >= 15 is 0 Å². The molecule has 0 amide bonds. The number of hydrogen-bond donors (Lipinski definition) is 4. The molecular weight excluding hydrogens is 433 g/mol. The summed E-state index contributed by atoms with van der Waals surface area (Å²) in [5, 5.41) is 25.5. The van der Waals surface area contributed by atoms with E-state index in [0.29, 0.717) is 34.1 Å². The van der Waals surface area contributed by atoms with Gasteiger partial charge in [-0.3, -0.25) is 4.79 Å². The van der Waals surface area contributed by atoms with Crippen LogP contribution in [0.2, 0.25) is 0 Å². The van der Waals surface area contributed by atoms with Crippen LogP contribution in [0.15, 0.2) is 47.3 Å². The SMILES string of the molecule is CC[C@H]1C[C@](O)(C(F)(F)F)[C@@H](Nc2cccc3[nH]c(=O)ccc23)c2cc(C(C)C)cc(O)c21. The van der Waals surface area contributed by atoms with Gasteiger partial charge >= 0.3 is 6.18 Å². The van der Waals surface area contributed by atoms with Crippen LogP contribution in [-0.4, -0.2) is 27.0 Å². The number of aromatic hydroxyl groups is 1. The number of pyridine rings is 1. The van der Waals surface area contributed by atoms with E-state index in [1.807, 2.05) is 13.8 Å². The summed E-state index contributed by atoms with van der Waals surface area (Å²) in [5.41, 5.74) is -1.24. The van der Waals surface area contributed by atoms with E-state index in [2.05, 4.69) is 10.3 Å². The van der Waals surface area contributed by atoms with Gasteiger partial charge in [0.05, 0.1) is 11.6 Å². The highest BCUT2D eigenvalue weighted by Crippen LogP contribution is 2.55. The number of H-pyrrole nitrogens is 1. The van der Waals surface area contributed by atoms with Gasteiger partial charge in [-0.2, -0.15) is 13.2 Å². The van der Waals surface area contributed by atoms with Crippen LogP contribution in [0.1, 0.15) is 68.2 Å². The predicted octanol–water partition coefficient (Wildman–Crippen LogP) is 5.70. The van der Waals surface area contributed by atoms with Crippen LogP contribution in [0.25, 0.3) is 10.9 Å². The molecular formula is C25H27F3N2O3. The summed E-state index contributed by atoms with van der Waals surface area (Å²) < 4.78 is 43.2. The number of phenolic OH excluding ortho intramolecular Hbond substituents is 1. The zero-order valence-electron chi connectivity index (χ0n) is 18.6. The molecule has 176 valence electrons. The van der Waals surface area contributed by atoms with E-state index in [9.17, 15) is 28.2 Å². The molecule has 33 heavy (non-hydrogen) atoms. The molecule has 8 heteroatoms. The molecule has 1 heterocycles. The molecule has 2 aromatic carbocycles. The second-order valence-corrected chi connectivity index (χ2v) is 9.10. The predicted molar refractivity (Wildman–Crippen MR) is 122 cm³/mol. The van der Waals surface area contributed by atoms with Crippen LogP contribution in [0, 0.1) is 0 Å². The Morgan fingerprint density at radius 3 is 2.58 bits per heavy atom. The Hall–Kier alpha value is -3.00. The third kappa shape index (κ3) is 3.86. The van der Waals surface area contributed by atoms with Crippen molar-refractivity contribution in [3.63, 3.8) is 0 Å². The molecule has 5 nitrogen and oxygen atoms in total. The Morgan fingerprint density at radius 1 is 1.21 bits per heavy atom. The molecule has 4 rings (SSSR count). The summed E-state index contributed by atoms with van der Waals surface area (Å²) >= 11 is 0. The van der Waals surface area contributed by atoms with Gasteiger partial charge in [-0.1, -0.05) is 32.9 Å². The first-order valence-electron chi connectivity index (χ1n) is 11.0. The summed E-state index contributed by atoms with van der Waals surface area (Å²) in [6.07, 6.45) is -5.16. The molecule has 0 bridgehead atoms. The third-order valence-corrected chi connectivity index (χ3v) is 6.68. The first-order chi connectivity index (χ1) is 15.5. The minimum absolute atomic E-state index is 0.0366. The van der Waals surface area contributed by atoms with E-state index in [1.54, 1.807) is 37.3 Å². The van der Waals surface area contributed by atoms with Crippen molar-refractivity contribution in [3.05, 3.63) is 69.5 Å². The summed E-state index contributed by atoms with van der Waals surface area (Å²) in [6, 6.07) is 9.41. The normalized spacial score (nSPS) is 23.0. The lowest BCUT2D eigenvalue weighted by Gasteiger charge is -2.46. The number of nitrogens with one attached hydrogen (secondary N) is 2. The van der Waals surface area contributed by atoms with Crippen molar-refractivity contribution in [1.82, 2.24) is 4.98 Å². The highest BCUT2D eigenvalue weighted by atomic mass is 19.4. The van der Waals surface area contributed by atoms with Gasteiger partial charge < -0.3 is 20.5 Å². The average molecular weight is 460 g/mol. The Morgan fingerprint density at radius 2 is 1.94 bits per heavy atom. The Bertz CT molecular complexity index is 1250. The molecule has 1 aliphatic carbocycles. The monoisotopic (exact) mass is 460 g/mol. The molecule has 4 N–H and O–H groups in total. The Balaban J connectivity index is 1.97. The number of fused-ring (bicyclic) bond motifs is 2. The number of hydrogen-bond acceptors (Lipinski definition) is 4. The van der Waals surface area contributed by atoms with Gasteiger partial charge in [0, 0.05) is 22.7 Å². The maximum absolute atomic E-state index is 14.4. The van der Waals surface area contributed by atoms with Gasteiger partial charge in [-0.05, 0) is 60.1 Å². The summed E-state index contributed by atoms with van der Waals surface area (Å²) in [5.74, 6) is -0.749. The lowest BCUT2D eigenvalue weighted by atomic mass is 9.68. The van der Waals surface area contributed by atoms with Crippen molar-refractivity contribution in [1.29, 1.82) is 0 Å². The van der Waals surface area contributed by atoms with Crippen LogP contribution in [0.5, 0.6) is 5.75 Å². The standard InChI is InChI=1S/C25H27F3N2O3/c1-4-14-12-24(33,25(26,27)28)23(17-10-15(13(2)3)11-20(31)22(14)17)30-19-7-5-6-18-16(19)8-9-21(32)29-18/h5-11,13-14,23,30-31,33H,4,12H2,1-3H3,(H,29,32)/t14-,23-,24+/m0/s1. The number of aromatic amines is 1. The number of rotatable bonds is 4. The van der Waals surface area contributed by atoms with E-state index in [1.165, 1.54) is 12.1 Å². The van der Waals surface area contributed by atoms with Crippen LogP contribution in [-0.2, 0) is 0 Å².